The lowest BCUT2D eigenvalue weighted by Crippen LogP contribution is -2.49. The van der Waals surface area contributed by atoms with Gasteiger partial charge in [0.05, 0.1) is 6.54 Å². The number of hydrogen-bond donors (Lipinski definition) is 1. The van der Waals surface area contributed by atoms with Crippen molar-refractivity contribution in [3.05, 3.63) is 28.8 Å². The maximum Gasteiger partial charge on any atom is 0.238 e. The van der Waals surface area contributed by atoms with Crippen molar-refractivity contribution in [3.8, 4) is 0 Å². The molecule has 2 fully saturated rings. The van der Waals surface area contributed by atoms with Gasteiger partial charge in [0.2, 0.25) is 5.91 Å². The quantitative estimate of drug-likeness (QED) is 0.903. The molecule has 3 rings (SSSR count). The van der Waals surface area contributed by atoms with E-state index >= 15 is 0 Å². The lowest BCUT2D eigenvalue weighted by Gasteiger charge is -2.43. The van der Waals surface area contributed by atoms with Crippen LogP contribution in [0.4, 0.5) is 5.69 Å². The van der Waals surface area contributed by atoms with Gasteiger partial charge in [-0.15, -0.1) is 0 Å². The monoisotopic (exact) mass is 320 g/mol. The summed E-state index contributed by atoms with van der Waals surface area (Å²) in [4.78, 5) is 14.8. The number of carbonyl (C=O) groups excluding carboxylic acids is 1. The molecular weight excluding hydrogens is 296 g/mol. The van der Waals surface area contributed by atoms with Crippen molar-refractivity contribution in [2.45, 2.75) is 51.5 Å². The Hall–Kier alpha value is -1.06. The Morgan fingerprint density at radius 2 is 2.05 bits per heavy atom. The molecule has 0 spiro atoms. The molecule has 1 heterocycles. The first-order chi connectivity index (χ1) is 10.6. The van der Waals surface area contributed by atoms with E-state index in [2.05, 4.69) is 10.2 Å². The van der Waals surface area contributed by atoms with Gasteiger partial charge in [0, 0.05) is 16.8 Å². The summed E-state index contributed by atoms with van der Waals surface area (Å²) in [6, 6.07) is 6.26. The van der Waals surface area contributed by atoms with Gasteiger partial charge in [0.1, 0.15) is 0 Å². The van der Waals surface area contributed by atoms with Gasteiger partial charge in [-0.3, -0.25) is 9.69 Å². The minimum absolute atomic E-state index is 0.0802. The fourth-order valence-corrected chi connectivity index (χ4v) is 4.22. The van der Waals surface area contributed by atoms with E-state index in [9.17, 15) is 4.79 Å². The maximum atomic E-state index is 12.4. The zero-order valence-electron chi connectivity index (χ0n) is 13.3. The largest absolute Gasteiger partial charge is 0.325 e. The second-order valence-corrected chi connectivity index (χ2v) is 7.09. The third-order valence-electron chi connectivity index (χ3n) is 5.25. The van der Waals surface area contributed by atoms with Gasteiger partial charge < -0.3 is 5.32 Å². The first-order valence-corrected chi connectivity index (χ1v) is 8.82. The van der Waals surface area contributed by atoms with Gasteiger partial charge in [-0.25, -0.2) is 0 Å². The fourth-order valence-electron chi connectivity index (χ4n) is 4.04. The van der Waals surface area contributed by atoms with Crippen molar-refractivity contribution in [2.24, 2.45) is 5.92 Å². The van der Waals surface area contributed by atoms with E-state index in [4.69, 9.17) is 11.6 Å². The van der Waals surface area contributed by atoms with Gasteiger partial charge in [-0.2, -0.15) is 0 Å². The highest BCUT2D eigenvalue weighted by Gasteiger charge is 2.33. The molecule has 2 aliphatic rings. The third-order valence-corrected chi connectivity index (χ3v) is 5.66. The van der Waals surface area contributed by atoms with Crippen LogP contribution in [0.25, 0.3) is 0 Å². The van der Waals surface area contributed by atoms with E-state index in [1.807, 2.05) is 25.1 Å². The molecule has 1 amide bonds. The van der Waals surface area contributed by atoms with Gasteiger partial charge in [0.25, 0.3) is 0 Å². The Labute approximate surface area is 138 Å². The summed E-state index contributed by atoms with van der Waals surface area (Å²) < 4.78 is 0. The first kappa shape index (κ1) is 15.8. The van der Waals surface area contributed by atoms with Gasteiger partial charge >= 0.3 is 0 Å². The molecule has 1 saturated heterocycles. The maximum absolute atomic E-state index is 12.4. The van der Waals surface area contributed by atoms with Crippen molar-refractivity contribution in [1.82, 2.24) is 4.90 Å². The molecule has 1 aromatic rings. The van der Waals surface area contributed by atoms with Crippen LogP contribution in [0.15, 0.2) is 18.2 Å². The second kappa shape index (κ2) is 7.01. The van der Waals surface area contributed by atoms with Crippen molar-refractivity contribution in [2.75, 3.05) is 18.4 Å². The number of rotatable bonds is 3. The number of piperidine rings is 1. The molecule has 1 saturated carbocycles. The Kier molecular flexibility index (Phi) is 5.04. The van der Waals surface area contributed by atoms with Crippen molar-refractivity contribution in [1.29, 1.82) is 0 Å². The summed E-state index contributed by atoms with van der Waals surface area (Å²) in [5, 5.41) is 3.73. The number of carbonyl (C=O) groups is 1. The lowest BCUT2D eigenvalue weighted by molar-refractivity contribution is -0.118. The number of nitrogens with zero attached hydrogens (tertiary/aromatic N) is 1. The summed E-state index contributed by atoms with van der Waals surface area (Å²) >= 11 is 6.12. The second-order valence-electron chi connectivity index (χ2n) is 6.69. The van der Waals surface area contributed by atoms with Crippen molar-refractivity contribution in [3.63, 3.8) is 0 Å². The molecule has 22 heavy (non-hydrogen) atoms. The van der Waals surface area contributed by atoms with Gasteiger partial charge in [-0.1, -0.05) is 30.5 Å². The number of hydrogen-bond acceptors (Lipinski definition) is 2. The molecule has 3 nitrogen and oxygen atoms in total. The predicted molar refractivity (Wildman–Crippen MR) is 91.4 cm³/mol. The average Bonchev–Trinajstić information content (AvgIpc) is 2.52. The van der Waals surface area contributed by atoms with Gasteiger partial charge in [0.15, 0.2) is 0 Å². The Bertz CT molecular complexity index is 544. The molecule has 1 aliphatic heterocycles. The van der Waals surface area contributed by atoms with Crippen molar-refractivity contribution < 1.29 is 4.79 Å². The molecule has 2 atom stereocenters. The summed E-state index contributed by atoms with van der Waals surface area (Å²) in [5.74, 6) is 0.889. The summed E-state index contributed by atoms with van der Waals surface area (Å²) in [6.07, 6.45) is 7.85. The molecule has 1 aromatic carbocycles. The number of nitrogens with one attached hydrogen (secondary N) is 1. The van der Waals surface area contributed by atoms with Crippen LogP contribution in [0.3, 0.4) is 0 Å². The van der Waals surface area contributed by atoms with Crippen LogP contribution in [0, 0.1) is 12.8 Å². The highest BCUT2D eigenvalue weighted by atomic mass is 35.5. The molecule has 4 heteroatoms. The van der Waals surface area contributed by atoms with Crippen LogP contribution >= 0.6 is 11.6 Å². The highest BCUT2D eigenvalue weighted by Crippen LogP contribution is 2.35. The minimum atomic E-state index is 0.0802. The zero-order chi connectivity index (χ0) is 15.5. The smallest absolute Gasteiger partial charge is 0.238 e. The minimum Gasteiger partial charge on any atom is -0.325 e. The van der Waals surface area contributed by atoms with Gasteiger partial charge in [-0.05, 0) is 62.8 Å². The summed E-state index contributed by atoms with van der Waals surface area (Å²) in [7, 11) is 0. The fraction of sp³-hybridized carbons (Fsp3) is 0.611. The van der Waals surface area contributed by atoms with Crippen LogP contribution in [0.2, 0.25) is 5.02 Å². The van der Waals surface area contributed by atoms with Crippen LogP contribution < -0.4 is 5.32 Å². The Balaban J connectivity index is 1.62. The molecule has 1 aliphatic carbocycles. The number of benzene rings is 1. The number of likely N-dealkylation sites (tertiary alicyclic amines) is 1. The number of fused-ring (bicyclic) bond motifs is 1. The number of amides is 1. The van der Waals surface area contributed by atoms with Crippen LogP contribution in [-0.2, 0) is 4.79 Å². The molecule has 1 N–H and O–H groups in total. The lowest BCUT2D eigenvalue weighted by atomic mass is 9.78. The number of anilines is 1. The number of halogens is 1. The topological polar surface area (TPSA) is 32.3 Å². The highest BCUT2D eigenvalue weighted by molar-refractivity contribution is 6.31. The molecule has 120 valence electrons. The Morgan fingerprint density at radius 3 is 2.91 bits per heavy atom. The van der Waals surface area contributed by atoms with E-state index < -0.39 is 0 Å². The standard InChI is InChI=1S/C18H25ClN2O/c1-13-15(19)8-4-9-16(13)20-18(22)12-21-11-5-7-14-6-2-3-10-17(14)21/h4,8-9,14,17H,2-3,5-7,10-12H2,1H3,(H,20,22)/t14-,17+/m1/s1. The zero-order valence-corrected chi connectivity index (χ0v) is 14.0. The Morgan fingerprint density at radius 1 is 1.27 bits per heavy atom. The van der Waals surface area contributed by atoms with E-state index in [0.29, 0.717) is 17.6 Å². The molecule has 0 aromatic heterocycles. The summed E-state index contributed by atoms with van der Waals surface area (Å²) in [5.41, 5.74) is 1.77. The SMILES string of the molecule is Cc1c(Cl)cccc1NC(=O)CN1CCC[C@H]2CCCC[C@@H]21. The predicted octanol–water partition coefficient (Wildman–Crippen LogP) is 4.24. The average molecular weight is 321 g/mol. The van der Waals surface area contributed by atoms with Crippen molar-refractivity contribution >= 4 is 23.2 Å². The third kappa shape index (κ3) is 3.47. The molecule has 0 radical (unpaired) electrons. The van der Waals surface area contributed by atoms with Crippen LogP contribution in [-0.4, -0.2) is 29.9 Å². The van der Waals surface area contributed by atoms with Crippen LogP contribution in [0.5, 0.6) is 0 Å². The van der Waals surface area contributed by atoms with Crippen LogP contribution in [0.1, 0.15) is 44.1 Å². The van der Waals surface area contributed by atoms with E-state index in [-0.39, 0.29) is 5.91 Å². The molecule has 0 bridgehead atoms. The molecular formula is C18H25ClN2O. The first-order valence-electron chi connectivity index (χ1n) is 8.44. The van der Waals surface area contributed by atoms with E-state index in [1.54, 1.807) is 0 Å². The normalized spacial score (nSPS) is 25.5. The van der Waals surface area contributed by atoms with E-state index in [1.165, 1.54) is 38.5 Å². The molecule has 0 unspecified atom stereocenters. The summed E-state index contributed by atoms with van der Waals surface area (Å²) in [6.45, 7) is 3.51. The van der Waals surface area contributed by atoms with E-state index in [0.717, 1.165) is 23.7 Å².